The summed E-state index contributed by atoms with van der Waals surface area (Å²) >= 11 is 1.31. The third-order valence-electron chi connectivity index (χ3n) is 2.10. The van der Waals surface area contributed by atoms with E-state index < -0.39 is 0 Å². The van der Waals surface area contributed by atoms with Crippen LogP contribution in [-0.4, -0.2) is 38.9 Å². The van der Waals surface area contributed by atoms with Crippen molar-refractivity contribution < 1.29 is 14.2 Å². The SMILES string of the molecule is COCCCNCc1c(OC)nsc1OC. The predicted molar refractivity (Wildman–Crippen MR) is 63.4 cm³/mol. The van der Waals surface area contributed by atoms with Crippen molar-refractivity contribution >= 4 is 11.5 Å². The highest BCUT2D eigenvalue weighted by Crippen LogP contribution is 2.31. The van der Waals surface area contributed by atoms with Crippen LogP contribution in [0.15, 0.2) is 0 Å². The molecule has 0 atom stereocenters. The lowest BCUT2D eigenvalue weighted by Gasteiger charge is -2.06. The Labute approximate surface area is 99.9 Å². The van der Waals surface area contributed by atoms with Crippen LogP contribution in [-0.2, 0) is 11.3 Å². The quantitative estimate of drug-likeness (QED) is 0.700. The molecule has 0 aliphatic carbocycles. The van der Waals surface area contributed by atoms with Crippen LogP contribution in [0.2, 0.25) is 0 Å². The topological polar surface area (TPSA) is 52.6 Å². The Morgan fingerprint density at radius 3 is 2.69 bits per heavy atom. The molecule has 0 radical (unpaired) electrons. The molecule has 92 valence electrons. The number of aromatic nitrogens is 1. The molecule has 0 aromatic carbocycles. The molecule has 0 unspecified atom stereocenters. The normalized spacial score (nSPS) is 10.4. The molecule has 0 saturated carbocycles. The highest BCUT2D eigenvalue weighted by Gasteiger charge is 2.14. The standard InChI is InChI=1S/C10H18N2O3S/c1-13-6-4-5-11-7-8-9(14-2)12-16-10(8)15-3/h11H,4-7H2,1-3H3. The monoisotopic (exact) mass is 246 g/mol. The average molecular weight is 246 g/mol. The van der Waals surface area contributed by atoms with Crippen LogP contribution in [0.4, 0.5) is 0 Å². The Morgan fingerprint density at radius 1 is 1.25 bits per heavy atom. The van der Waals surface area contributed by atoms with Gasteiger partial charge in [0.05, 0.1) is 19.8 Å². The summed E-state index contributed by atoms with van der Waals surface area (Å²) in [6, 6.07) is 0. The molecule has 0 amide bonds. The van der Waals surface area contributed by atoms with E-state index in [2.05, 4.69) is 9.69 Å². The second-order valence-corrected chi connectivity index (χ2v) is 3.92. The van der Waals surface area contributed by atoms with Crippen LogP contribution >= 0.6 is 11.5 Å². The Morgan fingerprint density at radius 2 is 2.06 bits per heavy atom. The van der Waals surface area contributed by atoms with E-state index in [0.717, 1.165) is 30.2 Å². The molecular formula is C10H18N2O3S. The van der Waals surface area contributed by atoms with E-state index in [0.29, 0.717) is 12.4 Å². The fourth-order valence-electron chi connectivity index (χ4n) is 1.30. The van der Waals surface area contributed by atoms with Gasteiger partial charge in [-0.1, -0.05) is 0 Å². The molecule has 0 saturated heterocycles. The van der Waals surface area contributed by atoms with Gasteiger partial charge in [-0.15, -0.1) is 0 Å². The van der Waals surface area contributed by atoms with Gasteiger partial charge in [0, 0.05) is 31.8 Å². The molecule has 0 aliphatic heterocycles. The van der Waals surface area contributed by atoms with E-state index in [-0.39, 0.29) is 0 Å². The third kappa shape index (κ3) is 3.62. The van der Waals surface area contributed by atoms with E-state index in [1.807, 2.05) is 0 Å². The molecule has 1 aromatic rings. The van der Waals surface area contributed by atoms with Crippen LogP contribution in [0.3, 0.4) is 0 Å². The second-order valence-electron chi connectivity index (χ2n) is 3.19. The first-order valence-electron chi connectivity index (χ1n) is 5.09. The summed E-state index contributed by atoms with van der Waals surface area (Å²) in [5.74, 6) is 0.640. The van der Waals surface area contributed by atoms with E-state index in [1.54, 1.807) is 21.3 Å². The number of nitrogens with one attached hydrogen (secondary N) is 1. The highest BCUT2D eigenvalue weighted by molar-refractivity contribution is 7.08. The van der Waals surface area contributed by atoms with Gasteiger partial charge in [0.1, 0.15) is 0 Å². The van der Waals surface area contributed by atoms with Gasteiger partial charge in [-0.3, -0.25) is 0 Å². The van der Waals surface area contributed by atoms with Crippen molar-refractivity contribution in [2.45, 2.75) is 13.0 Å². The van der Waals surface area contributed by atoms with E-state index in [9.17, 15) is 0 Å². The minimum atomic E-state index is 0.640. The Balaban J connectivity index is 2.41. The first-order valence-corrected chi connectivity index (χ1v) is 5.87. The number of ether oxygens (including phenoxy) is 3. The Hall–Kier alpha value is -0.850. The minimum Gasteiger partial charge on any atom is -0.486 e. The van der Waals surface area contributed by atoms with E-state index >= 15 is 0 Å². The molecule has 5 nitrogen and oxygen atoms in total. The van der Waals surface area contributed by atoms with Crippen LogP contribution in [0.1, 0.15) is 12.0 Å². The zero-order valence-corrected chi connectivity index (χ0v) is 10.7. The zero-order chi connectivity index (χ0) is 11.8. The molecule has 6 heteroatoms. The number of hydrogen-bond donors (Lipinski definition) is 1. The van der Waals surface area contributed by atoms with Gasteiger partial charge in [-0.2, -0.15) is 4.37 Å². The summed E-state index contributed by atoms with van der Waals surface area (Å²) in [5.41, 5.74) is 0.979. The van der Waals surface area contributed by atoms with Gasteiger partial charge in [0.15, 0.2) is 0 Å². The minimum absolute atomic E-state index is 0.640. The fraction of sp³-hybridized carbons (Fsp3) is 0.700. The van der Waals surface area contributed by atoms with Crippen molar-refractivity contribution in [3.8, 4) is 10.9 Å². The summed E-state index contributed by atoms with van der Waals surface area (Å²) in [6.07, 6.45) is 0.985. The fourth-order valence-corrected chi connectivity index (χ4v) is 2.00. The summed E-state index contributed by atoms with van der Waals surface area (Å²) in [7, 11) is 4.96. The smallest absolute Gasteiger partial charge is 0.233 e. The summed E-state index contributed by atoms with van der Waals surface area (Å²) in [6.45, 7) is 2.37. The first kappa shape index (κ1) is 13.2. The highest BCUT2D eigenvalue weighted by atomic mass is 32.1. The molecule has 0 spiro atoms. The molecule has 1 N–H and O–H groups in total. The van der Waals surface area contributed by atoms with Crippen LogP contribution in [0.5, 0.6) is 10.9 Å². The van der Waals surface area contributed by atoms with Gasteiger partial charge in [-0.25, -0.2) is 0 Å². The van der Waals surface area contributed by atoms with Crippen molar-refractivity contribution in [2.24, 2.45) is 0 Å². The predicted octanol–water partition coefficient (Wildman–Crippen LogP) is 1.29. The molecular weight excluding hydrogens is 228 g/mol. The molecule has 16 heavy (non-hydrogen) atoms. The lowest BCUT2D eigenvalue weighted by atomic mass is 10.3. The Bertz CT molecular complexity index is 283. The number of methoxy groups -OCH3 is 3. The van der Waals surface area contributed by atoms with Crippen molar-refractivity contribution in [3.05, 3.63) is 5.56 Å². The van der Waals surface area contributed by atoms with E-state index in [1.165, 1.54) is 11.5 Å². The maximum atomic E-state index is 5.22. The van der Waals surface area contributed by atoms with Crippen molar-refractivity contribution in [1.29, 1.82) is 0 Å². The molecule has 1 heterocycles. The van der Waals surface area contributed by atoms with Gasteiger partial charge >= 0.3 is 0 Å². The summed E-state index contributed by atoms with van der Waals surface area (Å²) in [5, 5.41) is 4.10. The maximum Gasteiger partial charge on any atom is 0.233 e. The molecule has 1 aromatic heterocycles. The number of rotatable bonds is 8. The zero-order valence-electron chi connectivity index (χ0n) is 9.91. The van der Waals surface area contributed by atoms with Gasteiger partial charge in [0.2, 0.25) is 10.9 Å². The second kappa shape index (κ2) is 7.43. The summed E-state index contributed by atoms with van der Waals surface area (Å²) < 4.78 is 19.5. The molecule has 1 rings (SSSR count). The number of nitrogens with zero attached hydrogens (tertiary/aromatic N) is 1. The van der Waals surface area contributed by atoms with Gasteiger partial charge < -0.3 is 19.5 Å². The van der Waals surface area contributed by atoms with Crippen molar-refractivity contribution in [2.75, 3.05) is 34.5 Å². The largest absolute Gasteiger partial charge is 0.486 e. The number of hydrogen-bond acceptors (Lipinski definition) is 6. The lowest BCUT2D eigenvalue weighted by molar-refractivity contribution is 0.194. The molecule has 0 fully saturated rings. The summed E-state index contributed by atoms with van der Waals surface area (Å²) in [4.78, 5) is 0. The first-order chi connectivity index (χ1) is 7.83. The van der Waals surface area contributed by atoms with Crippen molar-refractivity contribution in [3.63, 3.8) is 0 Å². The molecule has 0 aliphatic rings. The van der Waals surface area contributed by atoms with Crippen LogP contribution in [0.25, 0.3) is 0 Å². The van der Waals surface area contributed by atoms with Gasteiger partial charge in [-0.05, 0) is 13.0 Å². The van der Waals surface area contributed by atoms with Crippen molar-refractivity contribution in [1.82, 2.24) is 9.69 Å². The van der Waals surface area contributed by atoms with E-state index in [4.69, 9.17) is 14.2 Å². The van der Waals surface area contributed by atoms with Gasteiger partial charge in [0.25, 0.3) is 0 Å². The van der Waals surface area contributed by atoms with Crippen LogP contribution in [0, 0.1) is 0 Å². The molecule has 0 bridgehead atoms. The van der Waals surface area contributed by atoms with Crippen LogP contribution < -0.4 is 14.8 Å². The Kier molecular flexibility index (Phi) is 6.14. The maximum absolute atomic E-state index is 5.22. The lowest BCUT2D eigenvalue weighted by Crippen LogP contribution is -2.16. The average Bonchev–Trinajstić information content (AvgIpc) is 2.71. The third-order valence-corrected chi connectivity index (χ3v) is 2.93.